The molecule has 22 heavy (non-hydrogen) atoms. The summed E-state index contributed by atoms with van der Waals surface area (Å²) in [6, 6.07) is 4.19. The van der Waals surface area contributed by atoms with Gasteiger partial charge in [-0.05, 0) is 32.0 Å². The number of hydrogen-bond acceptors (Lipinski definition) is 5. The Labute approximate surface area is 129 Å². The second-order valence-corrected chi connectivity index (χ2v) is 5.37. The first-order chi connectivity index (χ1) is 10.6. The minimum atomic E-state index is -0.477. The maximum atomic E-state index is 11.2. The summed E-state index contributed by atoms with van der Waals surface area (Å²) in [5, 5.41) is 13.5. The van der Waals surface area contributed by atoms with E-state index in [0.29, 0.717) is 18.0 Å². The molecule has 0 atom stereocenters. The standard InChI is InChI=1S/C15H21N3O4/c1-12(19)16-14-6-5-13(18(20)21)11-15(14)22-10-9-17-7-3-2-4-8-17/h5-6,11H,2-4,7-10H2,1H3,(H,16,19). The van der Waals surface area contributed by atoms with Crippen LogP contribution in [0.3, 0.4) is 0 Å². The van der Waals surface area contributed by atoms with Crippen molar-refractivity contribution in [1.82, 2.24) is 4.90 Å². The van der Waals surface area contributed by atoms with Gasteiger partial charge in [-0.2, -0.15) is 0 Å². The van der Waals surface area contributed by atoms with Crippen molar-refractivity contribution in [3.8, 4) is 5.75 Å². The highest BCUT2D eigenvalue weighted by Crippen LogP contribution is 2.29. The molecule has 0 unspecified atom stereocenters. The van der Waals surface area contributed by atoms with Gasteiger partial charge in [0.05, 0.1) is 16.7 Å². The topological polar surface area (TPSA) is 84.7 Å². The number of carbonyl (C=O) groups excluding carboxylic acids is 1. The minimum Gasteiger partial charge on any atom is -0.490 e. The van der Waals surface area contributed by atoms with E-state index in [4.69, 9.17) is 4.74 Å². The summed E-state index contributed by atoms with van der Waals surface area (Å²) in [6.07, 6.45) is 3.68. The van der Waals surface area contributed by atoms with Crippen molar-refractivity contribution < 1.29 is 14.5 Å². The van der Waals surface area contributed by atoms with E-state index in [1.54, 1.807) is 0 Å². The summed E-state index contributed by atoms with van der Waals surface area (Å²) in [6.45, 7) is 4.74. The van der Waals surface area contributed by atoms with Crippen LogP contribution in [0.25, 0.3) is 0 Å². The normalized spacial score (nSPS) is 15.3. The van der Waals surface area contributed by atoms with Crippen LogP contribution in [-0.2, 0) is 4.79 Å². The fourth-order valence-electron chi connectivity index (χ4n) is 2.50. The Hall–Kier alpha value is -2.15. The highest BCUT2D eigenvalue weighted by Gasteiger charge is 2.14. The molecule has 1 N–H and O–H groups in total. The highest BCUT2D eigenvalue weighted by atomic mass is 16.6. The smallest absolute Gasteiger partial charge is 0.273 e. The van der Waals surface area contributed by atoms with Gasteiger partial charge in [0.15, 0.2) is 0 Å². The molecule has 120 valence electrons. The highest BCUT2D eigenvalue weighted by molar-refractivity contribution is 5.90. The molecule has 1 aromatic rings. The van der Waals surface area contributed by atoms with Gasteiger partial charge in [0.2, 0.25) is 5.91 Å². The zero-order valence-corrected chi connectivity index (χ0v) is 12.7. The molecule has 1 aliphatic heterocycles. The van der Waals surface area contributed by atoms with Gasteiger partial charge in [0.1, 0.15) is 12.4 Å². The third-order valence-corrected chi connectivity index (χ3v) is 3.60. The lowest BCUT2D eigenvalue weighted by molar-refractivity contribution is -0.384. The van der Waals surface area contributed by atoms with Crippen molar-refractivity contribution in [3.05, 3.63) is 28.3 Å². The first-order valence-corrected chi connectivity index (χ1v) is 7.47. The molecule has 1 amide bonds. The van der Waals surface area contributed by atoms with Crippen LogP contribution in [-0.4, -0.2) is 42.0 Å². The van der Waals surface area contributed by atoms with E-state index < -0.39 is 4.92 Å². The predicted octanol–water partition coefficient (Wildman–Crippen LogP) is 2.42. The number of hydrogen-bond donors (Lipinski definition) is 1. The molecule has 1 saturated heterocycles. The quantitative estimate of drug-likeness (QED) is 0.644. The Kier molecular flexibility index (Phi) is 5.71. The Morgan fingerprint density at radius 1 is 1.36 bits per heavy atom. The van der Waals surface area contributed by atoms with Gasteiger partial charge in [0, 0.05) is 19.5 Å². The number of nitrogens with one attached hydrogen (secondary N) is 1. The number of likely N-dealkylation sites (tertiary alicyclic amines) is 1. The molecule has 1 fully saturated rings. The summed E-state index contributed by atoms with van der Waals surface area (Å²) in [5.74, 6) is 0.0937. The van der Waals surface area contributed by atoms with Crippen LogP contribution in [0.4, 0.5) is 11.4 Å². The van der Waals surface area contributed by atoms with Gasteiger partial charge in [-0.1, -0.05) is 6.42 Å². The molecule has 1 heterocycles. The number of nitrogens with zero attached hydrogens (tertiary/aromatic N) is 2. The number of non-ortho nitro benzene ring substituents is 1. The maximum absolute atomic E-state index is 11.2. The summed E-state index contributed by atoms with van der Waals surface area (Å²) in [5.41, 5.74) is 0.402. The number of nitro benzene ring substituents is 1. The van der Waals surface area contributed by atoms with E-state index in [0.717, 1.165) is 19.6 Å². The molecule has 7 nitrogen and oxygen atoms in total. The lowest BCUT2D eigenvalue weighted by Gasteiger charge is -2.26. The third-order valence-electron chi connectivity index (χ3n) is 3.60. The van der Waals surface area contributed by atoms with Gasteiger partial charge >= 0.3 is 0 Å². The van der Waals surface area contributed by atoms with Crippen molar-refractivity contribution in [2.24, 2.45) is 0 Å². The number of anilines is 1. The van der Waals surface area contributed by atoms with Gasteiger partial charge in [-0.15, -0.1) is 0 Å². The second kappa shape index (κ2) is 7.74. The average Bonchev–Trinajstić information content (AvgIpc) is 2.49. The van der Waals surface area contributed by atoms with Crippen LogP contribution in [0.1, 0.15) is 26.2 Å². The van der Waals surface area contributed by atoms with Crippen LogP contribution >= 0.6 is 0 Å². The zero-order valence-electron chi connectivity index (χ0n) is 12.7. The van der Waals surface area contributed by atoms with Crippen molar-refractivity contribution in [3.63, 3.8) is 0 Å². The molecule has 0 bridgehead atoms. The summed E-state index contributed by atoms with van der Waals surface area (Å²) >= 11 is 0. The molecule has 0 aliphatic carbocycles. The largest absolute Gasteiger partial charge is 0.490 e. The molecule has 1 aromatic carbocycles. The van der Waals surface area contributed by atoms with Gasteiger partial charge < -0.3 is 10.1 Å². The number of rotatable bonds is 6. The SMILES string of the molecule is CC(=O)Nc1ccc([N+](=O)[O-])cc1OCCN1CCCCC1. The summed E-state index contributed by atoms with van der Waals surface area (Å²) < 4.78 is 5.67. The van der Waals surface area contributed by atoms with Crippen LogP contribution in [0, 0.1) is 10.1 Å². The Morgan fingerprint density at radius 3 is 2.73 bits per heavy atom. The monoisotopic (exact) mass is 307 g/mol. The Bertz CT molecular complexity index is 542. The molecule has 0 spiro atoms. The number of nitro groups is 1. The third kappa shape index (κ3) is 4.70. The van der Waals surface area contributed by atoms with E-state index in [1.165, 1.54) is 44.4 Å². The molecular weight excluding hydrogens is 286 g/mol. The van der Waals surface area contributed by atoms with Crippen molar-refractivity contribution in [2.45, 2.75) is 26.2 Å². The van der Waals surface area contributed by atoms with E-state index in [2.05, 4.69) is 10.2 Å². The maximum Gasteiger partial charge on any atom is 0.273 e. The number of carbonyl (C=O) groups is 1. The first-order valence-electron chi connectivity index (χ1n) is 7.47. The minimum absolute atomic E-state index is 0.0536. The van der Waals surface area contributed by atoms with E-state index in [1.807, 2.05) is 0 Å². The molecule has 0 aromatic heterocycles. The average molecular weight is 307 g/mol. The Balaban J connectivity index is 2.00. The van der Waals surface area contributed by atoms with Crippen LogP contribution in [0.5, 0.6) is 5.75 Å². The number of benzene rings is 1. The van der Waals surface area contributed by atoms with Crippen LogP contribution < -0.4 is 10.1 Å². The zero-order chi connectivity index (χ0) is 15.9. The fourth-order valence-corrected chi connectivity index (χ4v) is 2.50. The molecular formula is C15H21N3O4. The molecule has 0 saturated carbocycles. The lowest BCUT2D eigenvalue weighted by Crippen LogP contribution is -2.33. The molecule has 0 radical (unpaired) electrons. The van der Waals surface area contributed by atoms with Crippen LogP contribution in [0.15, 0.2) is 18.2 Å². The van der Waals surface area contributed by atoms with Crippen molar-refractivity contribution in [1.29, 1.82) is 0 Å². The van der Waals surface area contributed by atoms with Gasteiger partial charge in [-0.25, -0.2) is 0 Å². The van der Waals surface area contributed by atoms with E-state index >= 15 is 0 Å². The van der Waals surface area contributed by atoms with Gasteiger partial charge in [-0.3, -0.25) is 19.8 Å². The van der Waals surface area contributed by atoms with Crippen LogP contribution in [0.2, 0.25) is 0 Å². The summed E-state index contributed by atoms with van der Waals surface area (Å²) in [4.78, 5) is 23.9. The Morgan fingerprint density at radius 2 is 2.09 bits per heavy atom. The number of ether oxygens (including phenoxy) is 1. The lowest BCUT2D eigenvalue weighted by atomic mass is 10.1. The summed E-state index contributed by atoms with van der Waals surface area (Å²) in [7, 11) is 0. The van der Waals surface area contributed by atoms with Crippen molar-refractivity contribution in [2.75, 3.05) is 31.6 Å². The number of amides is 1. The van der Waals surface area contributed by atoms with Crippen molar-refractivity contribution >= 4 is 17.3 Å². The number of piperidine rings is 1. The second-order valence-electron chi connectivity index (χ2n) is 5.37. The van der Waals surface area contributed by atoms with E-state index in [9.17, 15) is 14.9 Å². The first kappa shape index (κ1) is 16.2. The molecule has 2 rings (SSSR count). The predicted molar refractivity (Wildman–Crippen MR) is 83.2 cm³/mol. The molecule has 1 aliphatic rings. The van der Waals surface area contributed by atoms with Gasteiger partial charge in [0.25, 0.3) is 5.69 Å². The molecule has 7 heteroatoms. The fraction of sp³-hybridized carbons (Fsp3) is 0.533. The van der Waals surface area contributed by atoms with E-state index in [-0.39, 0.29) is 11.6 Å².